The molecule has 0 aliphatic carbocycles. The monoisotopic (exact) mass is 641 g/mol. The fraction of sp³-hybridized carbons (Fsp3) is 0.423. The minimum absolute atomic E-state index is 0.0122. The molecular formula is C26H26Cl4F3N3O4. The molecule has 1 aliphatic rings. The molecule has 1 unspecified atom stereocenters. The van der Waals surface area contributed by atoms with Gasteiger partial charge < -0.3 is 9.57 Å². The van der Waals surface area contributed by atoms with Crippen LogP contribution < -0.4 is 10.4 Å². The van der Waals surface area contributed by atoms with Gasteiger partial charge in [0.1, 0.15) is 5.60 Å². The number of nitrogens with one attached hydrogen (secondary N) is 1. The second-order valence-corrected chi connectivity index (χ2v) is 12.3. The van der Waals surface area contributed by atoms with E-state index in [1.54, 1.807) is 34.6 Å². The van der Waals surface area contributed by atoms with Crippen LogP contribution in [0.3, 0.4) is 0 Å². The highest BCUT2D eigenvalue weighted by molar-refractivity contribution is 6.35. The zero-order valence-corrected chi connectivity index (χ0v) is 25.1. The third kappa shape index (κ3) is 6.90. The van der Waals surface area contributed by atoms with Crippen LogP contribution in [-0.4, -0.2) is 35.4 Å². The molecule has 1 N–H and O–H groups in total. The fourth-order valence-electron chi connectivity index (χ4n) is 3.53. The van der Waals surface area contributed by atoms with E-state index in [4.69, 9.17) is 56.0 Å². The molecule has 0 saturated carbocycles. The Morgan fingerprint density at radius 3 is 2.17 bits per heavy atom. The van der Waals surface area contributed by atoms with E-state index >= 15 is 0 Å². The number of nitrogens with zero attached hydrogens (tertiary/aromatic N) is 2. The van der Waals surface area contributed by atoms with Crippen molar-refractivity contribution in [2.24, 2.45) is 10.6 Å². The number of rotatable bonds is 5. The molecule has 40 heavy (non-hydrogen) atoms. The van der Waals surface area contributed by atoms with Gasteiger partial charge in [0.15, 0.2) is 0 Å². The first-order valence-electron chi connectivity index (χ1n) is 11.8. The molecule has 218 valence electrons. The van der Waals surface area contributed by atoms with Crippen LogP contribution >= 0.6 is 46.4 Å². The van der Waals surface area contributed by atoms with E-state index in [-0.39, 0.29) is 43.5 Å². The molecule has 14 heteroatoms. The first-order chi connectivity index (χ1) is 18.3. The molecule has 0 aromatic heterocycles. The molecule has 3 rings (SSSR count). The second-order valence-electron chi connectivity index (χ2n) is 10.7. The van der Waals surface area contributed by atoms with Crippen LogP contribution in [-0.2, 0) is 20.0 Å². The second kappa shape index (κ2) is 11.5. The molecule has 2 amide bonds. The first kappa shape index (κ1) is 32.1. The third-order valence-corrected chi connectivity index (χ3v) is 7.20. The lowest BCUT2D eigenvalue weighted by atomic mass is 9.86. The summed E-state index contributed by atoms with van der Waals surface area (Å²) in [5.74, 6) is -0.707. The Kier molecular flexibility index (Phi) is 9.21. The van der Waals surface area contributed by atoms with Crippen LogP contribution in [0.25, 0.3) is 0 Å². The average Bonchev–Trinajstić information content (AvgIpc) is 3.28. The molecule has 0 bridgehead atoms. The van der Waals surface area contributed by atoms with E-state index < -0.39 is 41.2 Å². The lowest BCUT2D eigenvalue weighted by molar-refractivity contribution is -0.275. The number of hydrazine groups is 1. The van der Waals surface area contributed by atoms with E-state index in [1.165, 1.54) is 24.3 Å². The zero-order chi connectivity index (χ0) is 30.3. The molecule has 7 nitrogen and oxygen atoms in total. The van der Waals surface area contributed by atoms with Gasteiger partial charge in [-0.2, -0.15) is 18.2 Å². The summed E-state index contributed by atoms with van der Waals surface area (Å²) >= 11 is 24.3. The SMILES string of the molecule is CC(C)(C)OC(=O)N(NC(=O)C(C)(C)CCl)c1cc(C2=NOC(c3cc(Cl)cc(Cl)c3)(C(F)(F)F)C2)ccc1Cl. The number of ether oxygens (including phenoxy) is 1. The van der Waals surface area contributed by atoms with Crippen molar-refractivity contribution in [3.05, 3.63) is 62.6 Å². The summed E-state index contributed by atoms with van der Waals surface area (Å²) in [5.41, 5.74) is -2.86. The van der Waals surface area contributed by atoms with Crippen LogP contribution in [0.4, 0.5) is 23.7 Å². The number of carbonyl (C=O) groups excluding carboxylic acids is 2. The Bertz CT molecular complexity index is 1330. The number of benzene rings is 2. The maximum atomic E-state index is 14.4. The Balaban J connectivity index is 2.06. The highest BCUT2D eigenvalue weighted by atomic mass is 35.5. The summed E-state index contributed by atoms with van der Waals surface area (Å²) in [4.78, 5) is 31.1. The number of halogens is 7. The van der Waals surface area contributed by atoms with Crippen molar-refractivity contribution < 1.29 is 32.3 Å². The molecule has 2 aromatic rings. The Morgan fingerprint density at radius 2 is 1.65 bits per heavy atom. The van der Waals surface area contributed by atoms with Gasteiger partial charge in [0, 0.05) is 33.5 Å². The number of hydrogen-bond donors (Lipinski definition) is 1. The summed E-state index contributed by atoms with van der Waals surface area (Å²) < 4.78 is 48.8. The van der Waals surface area contributed by atoms with Crippen molar-refractivity contribution in [1.82, 2.24) is 5.43 Å². The molecule has 0 radical (unpaired) electrons. The molecule has 0 saturated heterocycles. The minimum atomic E-state index is -4.91. The highest BCUT2D eigenvalue weighted by Crippen LogP contribution is 2.50. The van der Waals surface area contributed by atoms with E-state index in [0.29, 0.717) is 0 Å². The lowest BCUT2D eigenvalue weighted by Gasteiger charge is -2.31. The van der Waals surface area contributed by atoms with Crippen LogP contribution in [0.1, 0.15) is 52.2 Å². The number of alkyl halides is 4. The predicted molar refractivity (Wildman–Crippen MR) is 149 cm³/mol. The molecular weight excluding hydrogens is 617 g/mol. The van der Waals surface area contributed by atoms with E-state index in [2.05, 4.69) is 10.6 Å². The lowest BCUT2D eigenvalue weighted by Crippen LogP contribution is -2.53. The minimum Gasteiger partial charge on any atom is -0.442 e. The van der Waals surface area contributed by atoms with Crippen molar-refractivity contribution in [2.45, 2.75) is 58.4 Å². The number of anilines is 1. The van der Waals surface area contributed by atoms with E-state index in [9.17, 15) is 22.8 Å². The summed E-state index contributed by atoms with van der Waals surface area (Å²) in [6.07, 6.45) is -6.65. The van der Waals surface area contributed by atoms with Crippen LogP contribution in [0.2, 0.25) is 15.1 Å². The van der Waals surface area contributed by atoms with Gasteiger partial charge in [0.25, 0.3) is 5.60 Å². The van der Waals surface area contributed by atoms with Crippen molar-refractivity contribution in [3.63, 3.8) is 0 Å². The zero-order valence-electron chi connectivity index (χ0n) is 22.1. The fourth-order valence-corrected chi connectivity index (χ4v) is 4.38. The molecule has 0 spiro atoms. The van der Waals surface area contributed by atoms with Gasteiger partial charge in [-0.05, 0) is 65.0 Å². The van der Waals surface area contributed by atoms with E-state index in [1.807, 2.05) is 0 Å². The van der Waals surface area contributed by atoms with Crippen molar-refractivity contribution in [3.8, 4) is 0 Å². The van der Waals surface area contributed by atoms with Gasteiger partial charge in [-0.25, -0.2) is 4.79 Å². The number of oxime groups is 1. The average molecular weight is 643 g/mol. The van der Waals surface area contributed by atoms with Gasteiger partial charge in [0.2, 0.25) is 5.91 Å². The summed E-state index contributed by atoms with van der Waals surface area (Å²) in [5, 5.41) is 4.47. The Hall–Kier alpha value is -2.40. The van der Waals surface area contributed by atoms with Crippen LogP contribution in [0.5, 0.6) is 0 Å². The Morgan fingerprint density at radius 1 is 1.05 bits per heavy atom. The van der Waals surface area contributed by atoms with Crippen molar-refractivity contribution in [2.75, 3.05) is 10.9 Å². The standard InChI is InChI=1S/C26H26Cl4F3N3O4/c1-23(2,3)39-22(38)36(34-21(37)24(4,5)13-27)20-8-14(6-7-18(20)30)19-12-25(40-35-19,26(31,32)33)15-9-16(28)11-17(29)10-15/h6-11H,12-13H2,1-5H3,(H,34,37). The molecule has 1 atom stereocenters. The topological polar surface area (TPSA) is 80.2 Å². The van der Waals surface area contributed by atoms with Crippen LogP contribution in [0, 0.1) is 5.41 Å². The molecule has 2 aromatic carbocycles. The predicted octanol–water partition coefficient (Wildman–Crippen LogP) is 8.27. The first-order valence-corrected chi connectivity index (χ1v) is 13.4. The summed E-state index contributed by atoms with van der Waals surface area (Å²) in [6, 6.07) is 7.54. The van der Waals surface area contributed by atoms with Crippen molar-refractivity contribution in [1.29, 1.82) is 0 Å². The third-order valence-electron chi connectivity index (χ3n) is 5.77. The normalized spacial score (nSPS) is 17.6. The van der Waals surface area contributed by atoms with Crippen LogP contribution in [0.15, 0.2) is 41.6 Å². The maximum absolute atomic E-state index is 14.4. The number of amides is 2. The molecule has 1 aliphatic heterocycles. The van der Waals surface area contributed by atoms with Gasteiger partial charge >= 0.3 is 12.3 Å². The van der Waals surface area contributed by atoms with Gasteiger partial charge in [-0.1, -0.05) is 46.0 Å². The smallest absolute Gasteiger partial charge is 0.435 e. The summed E-state index contributed by atoms with van der Waals surface area (Å²) in [6.45, 7) is 7.98. The maximum Gasteiger partial charge on any atom is 0.435 e. The number of hydrogen-bond acceptors (Lipinski definition) is 5. The molecule has 0 fully saturated rings. The quantitative estimate of drug-likeness (QED) is 0.263. The van der Waals surface area contributed by atoms with Crippen molar-refractivity contribution >= 4 is 69.8 Å². The Labute approximate surface area is 249 Å². The number of carbonyl (C=O) groups is 2. The largest absolute Gasteiger partial charge is 0.442 e. The highest BCUT2D eigenvalue weighted by Gasteiger charge is 2.62. The summed E-state index contributed by atoms with van der Waals surface area (Å²) in [7, 11) is 0. The van der Waals surface area contributed by atoms with Gasteiger partial charge in [0.05, 0.1) is 21.8 Å². The van der Waals surface area contributed by atoms with Gasteiger partial charge in [-0.15, -0.1) is 11.6 Å². The van der Waals surface area contributed by atoms with Gasteiger partial charge in [-0.3, -0.25) is 10.2 Å². The van der Waals surface area contributed by atoms with E-state index in [0.717, 1.165) is 17.1 Å². The molecule has 1 heterocycles.